The van der Waals surface area contributed by atoms with Crippen molar-refractivity contribution >= 4 is 8.60 Å². The Morgan fingerprint density at radius 1 is 1.21 bits per heavy atom. The van der Waals surface area contributed by atoms with Gasteiger partial charge in [0.15, 0.2) is 11.5 Å². The highest BCUT2D eigenvalue weighted by atomic mass is 31.2. The second kappa shape index (κ2) is 4.60. The summed E-state index contributed by atoms with van der Waals surface area (Å²) in [6.07, 6.45) is 0.892. The number of para-hydroxylation sites is 2. The van der Waals surface area contributed by atoms with Gasteiger partial charge < -0.3 is 18.7 Å². The molecule has 1 aliphatic rings. The predicted molar refractivity (Wildman–Crippen MR) is 52.2 cm³/mol. The van der Waals surface area contributed by atoms with E-state index in [0.717, 1.165) is 6.42 Å². The highest BCUT2D eigenvalue weighted by Crippen LogP contribution is 2.45. The standard InChI is InChI=1S/C9H11O4P/c10-8-4-1-2-5-9(8)13-14-11-6-3-7-12-14/h1-2,4-5,10H,3,6-7H2. The average Bonchev–Trinajstić information content (AvgIpc) is 2.23. The van der Waals surface area contributed by atoms with E-state index in [2.05, 4.69) is 0 Å². The third kappa shape index (κ3) is 2.35. The minimum absolute atomic E-state index is 0.104. The van der Waals surface area contributed by atoms with Crippen LogP contribution in [-0.2, 0) is 9.05 Å². The number of hydrogen-bond donors (Lipinski definition) is 1. The van der Waals surface area contributed by atoms with E-state index >= 15 is 0 Å². The first-order valence-electron chi connectivity index (χ1n) is 4.38. The van der Waals surface area contributed by atoms with Crippen LogP contribution in [0.4, 0.5) is 0 Å². The predicted octanol–water partition coefficient (Wildman–Crippen LogP) is 2.43. The van der Waals surface area contributed by atoms with Crippen LogP contribution >= 0.6 is 8.60 Å². The molecule has 0 aliphatic carbocycles. The van der Waals surface area contributed by atoms with Gasteiger partial charge >= 0.3 is 8.60 Å². The van der Waals surface area contributed by atoms with Crippen LogP contribution in [0.15, 0.2) is 24.3 Å². The monoisotopic (exact) mass is 214 g/mol. The molecule has 0 saturated carbocycles. The zero-order valence-electron chi connectivity index (χ0n) is 7.55. The van der Waals surface area contributed by atoms with E-state index in [1.54, 1.807) is 24.3 Å². The average molecular weight is 214 g/mol. The zero-order valence-corrected chi connectivity index (χ0v) is 8.44. The number of rotatable bonds is 2. The summed E-state index contributed by atoms with van der Waals surface area (Å²) >= 11 is 0. The van der Waals surface area contributed by atoms with Crippen molar-refractivity contribution < 1.29 is 18.7 Å². The minimum atomic E-state index is -1.32. The molecule has 14 heavy (non-hydrogen) atoms. The number of hydrogen-bond acceptors (Lipinski definition) is 4. The van der Waals surface area contributed by atoms with Gasteiger partial charge in [-0.05, 0) is 18.6 Å². The van der Waals surface area contributed by atoms with Crippen LogP contribution in [0, 0.1) is 0 Å². The van der Waals surface area contributed by atoms with Crippen LogP contribution in [0.25, 0.3) is 0 Å². The fraction of sp³-hybridized carbons (Fsp3) is 0.333. The smallest absolute Gasteiger partial charge is 0.397 e. The maximum atomic E-state index is 9.42. The van der Waals surface area contributed by atoms with Gasteiger partial charge in [-0.1, -0.05) is 12.1 Å². The zero-order chi connectivity index (χ0) is 9.80. The third-order valence-electron chi connectivity index (χ3n) is 1.72. The summed E-state index contributed by atoms with van der Waals surface area (Å²) in [7, 11) is -1.32. The maximum Gasteiger partial charge on any atom is 0.397 e. The Kier molecular flexibility index (Phi) is 3.19. The van der Waals surface area contributed by atoms with Gasteiger partial charge in [-0.3, -0.25) is 0 Å². The van der Waals surface area contributed by atoms with Gasteiger partial charge in [-0.25, -0.2) is 0 Å². The Bertz CT molecular complexity index is 299. The molecule has 4 nitrogen and oxygen atoms in total. The number of benzene rings is 1. The molecule has 5 heteroatoms. The van der Waals surface area contributed by atoms with Crippen LogP contribution < -0.4 is 4.52 Å². The highest BCUT2D eigenvalue weighted by Gasteiger charge is 2.19. The first-order valence-corrected chi connectivity index (χ1v) is 5.48. The van der Waals surface area contributed by atoms with Gasteiger partial charge in [0.05, 0.1) is 13.2 Å². The Morgan fingerprint density at radius 2 is 1.93 bits per heavy atom. The molecule has 1 aromatic carbocycles. The van der Waals surface area contributed by atoms with E-state index in [1.807, 2.05) is 0 Å². The lowest BCUT2D eigenvalue weighted by molar-refractivity contribution is 0.146. The molecule has 0 spiro atoms. The number of phenols is 1. The van der Waals surface area contributed by atoms with Gasteiger partial charge in [0.2, 0.25) is 0 Å². The Morgan fingerprint density at radius 3 is 2.64 bits per heavy atom. The van der Waals surface area contributed by atoms with Crippen molar-refractivity contribution in [2.24, 2.45) is 0 Å². The van der Waals surface area contributed by atoms with Gasteiger partial charge in [0.25, 0.3) is 0 Å². The summed E-state index contributed by atoms with van der Waals surface area (Å²) in [6, 6.07) is 6.76. The van der Waals surface area contributed by atoms with Crippen molar-refractivity contribution in [2.45, 2.75) is 6.42 Å². The molecule has 1 aliphatic heterocycles. The maximum absolute atomic E-state index is 9.42. The molecule has 0 radical (unpaired) electrons. The van der Waals surface area contributed by atoms with E-state index in [0.29, 0.717) is 19.0 Å². The highest BCUT2D eigenvalue weighted by molar-refractivity contribution is 7.42. The van der Waals surface area contributed by atoms with Crippen molar-refractivity contribution in [1.82, 2.24) is 0 Å². The molecule has 0 atom stereocenters. The first-order chi connectivity index (χ1) is 6.86. The normalized spacial score (nSPS) is 18.0. The van der Waals surface area contributed by atoms with Gasteiger partial charge in [0, 0.05) is 0 Å². The van der Waals surface area contributed by atoms with Crippen LogP contribution in [0.3, 0.4) is 0 Å². The SMILES string of the molecule is Oc1ccccc1OP1OCCCO1. The van der Waals surface area contributed by atoms with Gasteiger partial charge in [-0.15, -0.1) is 0 Å². The molecule has 76 valence electrons. The summed E-state index contributed by atoms with van der Waals surface area (Å²) in [5.41, 5.74) is 0. The summed E-state index contributed by atoms with van der Waals surface area (Å²) in [5.74, 6) is 0.508. The molecule has 0 amide bonds. The van der Waals surface area contributed by atoms with Crippen molar-refractivity contribution in [1.29, 1.82) is 0 Å². The van der Waals surface area contributed by atoms with Crippen molar-refractivity contribution in [3.8, 4) is 11.5 Å². The van der Waals surface area contributed by atoms with Crippen molar-refractivity contribution in [3.05, 3.63) is 24.3 Å². The largest absolute Gasteiger partial charge is 0.504 e. The van der Waals surface area contributed by atoms with Crippen molar-refractivity contribution in [3.63, 3.8) is 0 Å². The molecule has 2 rings (SSSR count). The van der Waals surface area contributed by atoms with E-state index in [9.17, 15) is 5.11 Å². The summed E-state index contributed by atoms with van der Waals surface area (Å²) in [5, 5.41) is 9.42. The molecule has 1 saturated heterocycles. The Balaban J connectivity index is 1.99. The van der Waals surface area contributed by atoms with Crippen LogP contribution in [0.5, 0.6) is 11.5 Å². The second-order valence-electron chi connectivity index (χ2n) is 2.80. The van der Waals surface area contributed by atoms with Crippen LogP contribution in [0.1, 0.15) is 6.42 Å². The van der Waals surface area contributed by atoms with Crippen LogP contribution in [0.2, 0.25) is 0 Å². The topological polar surface area (TPSA) is 47.9 Å². The molecular weight excluding hydrogens is 203 g/mol. The molecular formula is C9H11O4P. The first kappa shape index (κ1) is 9.71. The molecule has 1 fully saturated rings. The van der Waals surface area contributed by atoms with Crippen LogP contribution in [-0.4, -0.2) is 18.3 Å². The molecule has 1 N–H and O–H groups in total. The molecule has 0 bridgehead atoms. The van der Waals surface area contributed by atoms with E-state index in [-0.39, 0.29) is 5.75 Å². The Hall–Kier alpha value is -0.830. The quantitative estimate of drug-likeness (QED) is 0.768. The second-order valence-corrected chi connectivity index (χ2v) is 3.95. The molecule has 1 aromatic rings. The lowest BCUT2D eigenvalue weighted by atomic mass is 10.3. The molecule has 0 aromatic heterocycles. The summed E-state index contributed by atoms with van der Waals surface area (Å²) < 4.78 is 15.8. The minimum Gasteiger partial charge on any atom is -0.504 e. The van der Waals surface area contributed by atoms with Gasteiger partial charge in [-0.2, -0.15) is 0 Å². The third-order valence-corrected chi connectivity index (χ3v) is 2.85. The fourth-order valence-electron chi connectivity index (χ4n) is 1.04. The van der Waals surface area contributed by atoms with E-state index < -0.39 is 8.60 Å². The van der Waals surface area contributed by atoms with Crippen molar-refractivity contribution in [2.75, 3.05) is 13.2 Å². The summed E-state index contributed by atoms with van der Waals surface area (Å²) in [4.78, 5) is 0. The molecule has 0 unspecified atom stereocenters. The number of aromatic hydroxyl groups is 1. The lowest BCUT2D eigenvalue weighted by Crippen LogP contribution is -2.08. The summed E-state index contributed by atoms with van der Waals surface area (Å²) in [6.45, 7) is 1.30. The lowest BCUT2D eigenvalue weighted by Gasteiger charge is -2.21. The van der Waals surface area contributed by atoms with Gasteiger partial charge in [0.1, 0.15) is 0 Å². The fourth-order valence-corrected chi connectivity index (χ4v) is 2.09. The molecule has 1 heterocycles. The number of phenolic OH excluding ortho intramolecular Hbond substituents is 1. The van der Waals surface area contributed by atoms with E-state index in [1.165, 1.54) is 0 Å². The Labute approximate surface area is 83.4 Å². The van der Waals surface area contributed by atoms with E-state index in [4.69, 9.17) is 13.6 Å².